The van der Waals surface area contributed by atoms with E-state index < -0.39 is 0 Å². The highest BCUT2D eigenvalue weighted by atomic mass is 32.1. The van der Waals surface area contributed by atoms with Gasteiger partial charge in [-0.1, -0.05) is 13.0 Å². The molecule has 6 heteroatoms. The van der Waals surface area contributed by atoms with Crippen LogP contribution in [0.2, 0.25) is 0 Å². The summed E-state index contributed by atoms with van der Waals surface area (Å²) in [6.07, 6.45) is 1.48. The second kappa shape index (κ2) is 8.33. The molecule has 0 aliphatic rings. The van der Waals surface area contributed by atoms with Crippen LogP contribution < -0.4 is 10.6 Å². The summed E-state index contributed by atoms with van der Waals surface area (Å²) >= 11 is 1.44. The molecule has 0 fully saturated rings. The molecule has 0 spiro atoms. The van der Waals surface area contributed by atoms with Crippen molar-refractivity contribution >= 4 is 23.2 Å². The third kappa shape index (κ3) is 4.82. The van der Waals surface area contributed by atoms with Gasteiger partial charge in [0.15, 0.2) is 0 Å². The van der Waals surface area contributed by atoms with Crippen molar-refractivity contribution in [2.24, 2.45) is 0 Å². The van der Waals surface area contributed by atoms with Crippen molar-refractivity contribution < 1.29 is 14.7 Å². The van der Waals surface area contributed by atoms with Crippen LogP contribution in [0.3, 0.4) is 0 Å². The molecule has 3 N–H and O–H groups in total. The van der Waals surface area contributed by atoms with Gasteiger partial charge in [0, 0.05) is 18.7 Å². The van der Waals surface area contributed by atoms with Gasteiger partial charge in [-0.15, -0.1) is 11.3 Å². The number of phenols is 1. The van der Waals surface area contributed by atoms with E-state index in [2.05, 4.69) is 10.6 Å². The number of carbonyl (C=O) groups is 2. The van der Waals surface area contributed by atoms with Crippen LogP contribution in [0, 0.1) is 0 Å². The van der Waals surface area contributed by atoms with E-state index in [0.29, 0.717) is 25.1 Å². The zero-order chi connectivity index (χ0) is 16.7. The Morgan fingerprint density at radius 2 is 1.87 bits per heavy atom. The summed E-state index contributed by atoms with van der Waals surface area (Å²) < 4.78 is 0. The molecule has 1 aromatic heterocycles. The summed E-state index contributed by atoms with van der Waals surface area (Å²) in [4.78, 5) is 24.6. The molecule has 122 valence electrons. The lowest BCUT2D eigenvalue weighted by Crippen LogP contribution is -2.29. The predicted octanol–water partition coefficient (Wildman–Crippen LogP) is 2.57. The molecule has 0 unspecified atom stereocenters. The van der Waals surface area contributed by atoms with Gasteiger partial charge in [0.25, 0.3) is 11.8 Å². The molecular weight excluding hydrogens is 312 g/mol. The lowest BCUT2D eigenvalue weighted by Gasteiger charge is -2.07. The van der Waals surface area contributed by atoms with Gasteiger partial charge in [-0.2, -0.15) is 0 Å². The number of amides is 2. The van der Waals surface area contributed by atoms with E-state index >= 15 is 0 Å². The van der Waals surface area contributed by atoms with Gasteiger partial charge in [-0.3, -0.25) is 9.59 Å². The number of aromatic hydroxyl groups is 1. The first-order valence-corrected chi connectivity index (χ1v) is 8.41. The fourth-order valence-corrected chi connectivity index (χ4v) is 3.05. The summed E-state index contributed by atoms with van der Waals surface area (Å²) in [6.45, 7) is 2.98. The molecule has 5 nitrogen and oxygen atoms in total. The fraction of sp³-hybridized carbons (Fsp3) is 0.294. The van der Waals surface area contributed by atoms with Gasteiger partial charge < -0.3 is 15.7 Å². The maximum Gasteiger partial charge on any atom is 0.261 e. The Labute approximate surface area is 139 Å². The number of hydrogen-bond donors (Lipinski definition) is 3. The van der Waals surface area contributed by atoms with Crippen LogP contribution in [0.1, 0.15) is 38.9 Å². The Balaban J connectivity index is 1.70. The van der Waals surface area contributed by atoms with Crippen LogP contribution in [0.25, 0.3) is 0 Å². The molecule has 1 aromatic carbocycles. The molecule has 0 saturated heterocycles. The zero-order valence-corrected chi connectivity index (χ0v) is 13.8. The van der Waals surface area contributed by atoms with Gasteiger partial charge >= 0.3 is 0 Å². The minimum absolute atomic E-state index is 0.0591. The summed E-state index contributed by atoms with van der Waals surface area (Å²) in [6, 6.07) is 8.16. The number of carbonyl (C=O) groups excluding carboxylic acids is 2. The summed E-state index contributed by atoms with van der Waals surface area (Å²) in [5, 5.41) is 16.9. The molecule has 23 heavy (non-hydrogen) atoms. The Kier molecular flexibility index (Phi) is 6.17. The van der Waals surface area contributed by atoms with Gasteiger partial charge in [-0.25, -0.2) is 0 Å². The van der Waals surface area contributed by atoms with Crippen LogP contribution in [0.15, 0.2) is 35.7 Å². The van der Waals surface area contributed by atoms with E-state index in [0.717, 1.165) is 16.9 Å². The first kappa shape index (κ1) is 17.0. The number of rotatable bonds is 7. The second-order valence-corrected chi connectivity index (χ2v) is 5.96. The molecule has 1 heterocycles. The highest BCUT2D eigenvalue weighted by Gasteiger charge is 2.11. The van der Waals surface area contributed by atoms with E-state index in [1.165, 1.54) is 23.5 Å². The first-order chi connectivity index (χ1) is 11.1. The second-order valence-electron chi connectivity index (χ2n) is 5.04. The maximum absolute atomic E-state index is 12.0. The van der Waals surface area contributed by atoms with Gasteiger partial charge in [0.2, 0.25) is 0 Å². The van der Waals surface area contributed by atoms with E-state index in [9.17, 15) is 14.7 Å². The van der Waals surface area contributed by atoms with Gasteiger partial charge in [0.05, 0.1) is 4.88 Å². The van der Waals surface area contributed by atoms with Crippen molar-refractivity contribution in [2.75, 3.05) is 13.1 Å². The van der Waals surface area contributed by atoms with Crippen LogP contribution in [0.5, 0.6) is 5.75 Å². The standard InChI is InChI=1S/C17H20N2O3S/c1-2-12-7-10-23-15(12)17(22)19-9-4-8-18-16(21)13-5-3-6-14(20)11-13/h3,5-7,10-11,20H,2,4,8-9H2,1H3,(H,18,21)(H,19,22). The Morgan fingerprint density at radius 3 is 2.57 bits per heavy atom. The zero-order valence-electron chi connectivity index (χ0n) is 13.0. The Bertz CT molecular complexity index is 682. The highest BCUT2D eigenvalue weighted by molar-refractivity contribution is 7.12. The van der Waals surface area contributed by atoms with Crippen LogP contribution >= 0.6 is 11.3 Å². The predicted molar refractivity (Wildman–Crippen MR) is 91.1 cm³/mol. The third-order valence-electron chi connectivity index (χ3n) is 3.37. The van der Waals surface area contributed by atoms with Gasteiger partial charge in [-0.05, 0) is 48.1 Å². The number of phenolic OH excluding ortho intramolecular Hbond substituents is 1. The lowest BCUT2D eigenvalue weighted by atomic mass is 10.2. The number of hydrogen-bond acceptors (Lipinski definition) is 4. The van der Waals surface area contributed by atoms with E-state index in [-0.39, 0.29) is 17.6 Å². The van der Waals surface area contributed by atoms with Crippen molar-refractivity contribution in [1.82, 2.24) is 10.6 Å². The summed E-state index contributed by atoms with van der Waals surface area (Å²) in [5.41, 5.74) is 1.48. The fourth-order valence-electron chi connectivity index (χ4n) is 2.14. The third-order valence-corrected chi connectivity index (χ3v) is 4.32. The summed E-state index contributed by atoms with van der Waals surface area (Å²) in [7, 11) is 0. The van der Waals surface area contributed by atoms with Crippen LogP contribution in [-0.2, 0) is 6.42 Å². The average Bonchev–Trinajstić information content (AvgIpc) is 3.03. The minimum Gasteiger partial charge on any atom is -0.508 e. The molecule has 0 aliphatic carbocycles. The molecule has 2 aromatic rings. The quantitative estimate of drug-likeness (QED) is 0.682. The van der Waals surface area contributed by atoms with Crippen molar-refractivity contribution in [2.45, 2.75) is 19.8 Å². The minimum atomic E-state index is -0.237. The maximum atomic E-state index is 12.0. The molecule has 0 atom stereocenters. The topological polar surface area (TPSA) is 78.4 Å². The lowest BCUT2D eigenvalue weighted by molar-refractivity contribution is 0.0952. The SMILES string of the molecule is CCc1ccsc1C(=O)NCCCNC(=O)c1cccc(O)c1. The molecule has 2 amide bonds. The Hall–Kier alpha value is -2.34. The van der Waals surface area contributed by atoms with Gasteiger partial charge in [0.1, 0.15) is 5.75 Å². The van der Waals surface area contributed by atoms with E-state index in [1.54, 1.807) is 12.1 Å². The van der Waals surface area contributed by atoms with Crippen molar-refractivity contribution in [3.05, 3.63) is 51.7 Å². The van der Waals surface area contributed by atoms with Crippen molar-refractivity contribution in [3.8, 4) is 5.75 Å². The molecule has 0 aliphatic heterocycles. The Morgan fingerprint density at radius 1 is 1.13 bits per heavy atom. The first-order valence-electron chi connectivity index (χ1n) is 7.53. The molecule has 2 rings (SSSR count). The van der Waals surface area contributed by atoms with E-state index in [4.69, 9.17) is 0 Å². The number of benzene rings is 1. The smallest absolute Gasteiger partial charge is 0.261 e. The molecule has 0 saturated carbocycles. The average molecular weight is 332 g/mol. The molecule has 0 bridgehead atoms. The van der Waals surface area contributed by atoms with Crippen molar-refractivity contribution in [3.63, 3.8) is 0 Å². The number of nitrogens with one attached hydrogen (secondary N) is 2. The van der Waals surface area contributed by atoms with Crippen molar-refractivity contribution in [1.29, 1.82) is 0 Å². The van der Waals surface area contributed by atoms with Crippen LogP contribution in [-0.4, -0.2) is 30.0 Å². The largest absolute Gasteiger partial charge is 0.508 e. The highest BCUT2D eigenvalue weighted by Crippen LogP contribution is 2.16. The molecule has 0 radical (unpaired) electrons. The van der Waals surface area contributed by atoms with E-state index in [1.807, 2.05) is 18.4 Å². The normalized spacial score (nSPS) is 10.3. The summed E-state index contributed by atoms with van der Waals surface area (Å²) in [5.74, 6) is -0.234. The number of thiophene rings is 1. The molecular formula is C17H20N2O3S. The van der Waals surface area contributed by atoms with Crippen LogP contribution in [0.4, 0.5) is 0 Å². The monoisotopic (exact) mass is 332 g/mol. The number of aryl methyl sites for hydroxylation is 1.